The number of fused-ring (bicyclic) bond motifs is 1. The molecule has 1 aliphatic rings. The Balaban J connectivity index is 2.11. The van der Waals surface area contributed by atoms with E-state index in [-0.39, 0.29) is 16.4 Å². The molecule has 1 heterocycles. The van der Waals surface area contributed by atoms with Crippen molar-refractivity contribution in [3.63, 3.8) is 0 Å². The maximum atomic E-state index is 12.9. The predicted molar refractivity (Wildman–Crippen MR) is 110 cm³/mol. The van der Waals surface area contributed by atoms with Gasteiger partial charge >= 0.3 is 7.82 Å². The van der Waals surface area contributed by atoms with Gasteiger partial charge in [-0.25, -0.2) is 4.57 Å². The highest BCUT2D eigenvalue weighted by Crippen LogP contribution is 2.49. The number of ether oxygens (including phenoxy) is 1. The summed E-state index contributed by atoms with van der Waals surface area (Å²) in [6.07, 6.45) is -1.26. The first-order valence-corrected chi connectivity index (χ1v) is 10.9. The molecule has 1 amide bonds. The van der Waals surface area contributed by atoms with Gasteiger partial charge in [0.15, 0.2) is 5.78 Å². The average Bonchev–Trinajstić information content (AvgIpc) is 2.63. The van der Waals surface area contributed by atoms with Crippen molar-refractivity contribution in [3.8, 4) is 5.75 Å². The highest BCUT2D eigenvalue weighted by molar-refractivity contribution is 7.46. The van der Waals surface area contributed by atoms with Crippen LogP contribution in [0.25, 0.3) is 0 Å². The number of carbonyl (C=O) groups excluding carboxylic acids is 2. The lowest BCUT2D eigenvalue weighted by Gasteiger charge is -2.44. The summed E-state index contributed by atoms with van der Waals surface area (Å²) in [7, 11) is -4.94. The Morgan fingerprint density at radius 3 is 2.47 bits per heavy atom. The molecule has 2 atom stereocenters. The van der Waals surface area contributed by atoms with Crippen LogP contribution in [0, 0.1) is 0 Å². The SMILES string of the molecule is CC(=O)c1ccc2c(c1)[C@H](NC(=O)c1ccccc1Cl)[C@H](OP(=O)(O)O)C(C)(C)O2. The van der Waals surface area contributed by atoms with E-state index in [2.05, 4.69) is 5.32 Å². The number of hydrogen-bond acceptors (Lipinski definition) is 5. The van der Waals surface area contributed by atoms with E-state index in [0.29, 0.717) is 16.9 Å². The Labute approximate surface area is 178 Å². The van der Waals surface area contributed by atoms with E-state index >= 15 is 0 Å². The number of ketones is 1. The molecule has 0 aromatic heterocycles. The second-order valence-corrected chi connectivity index (χ2v) is 9.06. The van der Waals surface area contributed by atoms with E-state index in [1.165, 1.54) is 19.1 Å². The van der Waals surface area contributed by atoms with Gasteiger partial charge < -0.3 is 19.8 Å². The molecule has 3 N–H and O–H groups in total. The molecule has 0 unspecified atom stereocenters. The Hall–Kier alpha value is -2.22. The Bertz CT molecular complexity index is 1050. The Morgan fingerprint density at radius 2 is 1.87 bits per heavy atom. The van der Waals surface area contributed by atoms with Gasteiger partial charge in [-0.1, -0.05) is 23.7 Å². The van der Waals surface area contributed by atoms with Gasteiger partial charge in [-0.2, -0.15) is 0 Å². The Morgan fingerprint density at radius 1 is 1.20 bits per heavy atom. The molecular formula is C20H21ClNO7P. The van der Waals surface area contributed by atoms with E-state index in [9.17, 15) is 23.9 Å². The second-order valence-electron chi connectivity index (χ2n) is 7.46. The van der Waals surface area contributed by atoms with Gasteiger partial charge in [0.05, 0.1) is 16.6 Å². The molecule has 0 spiro atoms. The topological polar surface area (TPSA) is 122 Å². The number of amides is 1. The molecule has 0 fully saturated rings. The number of nitrogens with one attached hydrogen (secondary N) is 1. The maximum absolute atomic E-state index is 12.9. The first-order valence-electron chi connectivity index (χ1n) is 9.02. The van der Waals surface area contributed by atoms with Crippen LogP contribution in [0.1, 0.15) is 53.1 Å². The molecule has 30 heavy (non-hydrogen) atoms. The van der Waals surface area contributed by atoms with Crippen LogP contribution in [0.4, 0.5) is 0 Å². The number of phosphoric acid groups is 1. The zero-order valence-corrected chi connectivity index (χ0v) is 18.1. The summed E-state index contributed by atoms with van der Waals surface area (Å²) >= 11 is 6.12. The monoisotopic (exact) mass is 453 g/mol. The summed E-state index contributed by atoms with van der Waals surface area (Å²) in [5.74, 6) is -0.423. The lowest BCUT2D eigenvalue weighted by molar-refractivity contribution is -0.0597. The molecule has 0 aliphatic carbocycles. The third-order valence-electron chi connectivity index (χ3n) is 4.77. The van der Waals surface area contributed by atoms with Crippen molar-refractivity contribution in [1.82, 2.24) is 5.32 Å². The normalized spacial score (nSPS) is 20.1. The number of benzene rings is 2. The number of phosphoric ester groups is 1. The largest absolute Gasteiger partial charge is 0.485 e. The quantitative estimate of drug-likeness (QED) is 0.466. The van der Waals surface area contributed by atoms with Crippen LogP contribution in [0.3, 0.4) is 0 Å². The fourth-order valence-corrected chi connectivity index (χ4v) is 4.26. The van der Waals surface area contributed by atoms with E-state index < -0.39 is 31.5 Å². The van der Waals surface area contributed by atoms with E-state index in [0.717, 1.165) is 0 Å². The van der Waals surface area contributed by atoms with E-state index in [4.69, 9.17) is 20.9 Å². The summed E-state index contributed by atoms with van der Waals surface area (Å²) < 4.78 is 22.6. The molecule has 2 aromatic rings. The van der Waals surface area contributed by atoms with Gasteiger partial charge in [-0.05, 0) is 51.1 Å². The van der Waals surface area contributed by atoms with Crippen molar-refractivity contribution in [2.75, 3.05) is 0 Å². The molecule has 8 nitrogen and oxygen atoms in total. The lowest BCUT2D eigenvalue weighted by Crippen LogP contribution is -2.54. The van der Waals surface area contributed by atoms with Gasteiger partial charge in [0.1, 0.15) is 17.5 Å². The number of hydrogen-bond donors (Lipinski definition) is 3. The fraction of sp³-hybridized carbons (Fsp3) is 0.300. The Kier molecular flexibility index (Phi) is 6.09. The number of halogens is 1. The summed E-state index contributed by atoms with van der Waals surface area (Å²) in [5.41, 5.74) is -0.322. The standard InChI is InChI=1S/C20H21ClNO7P/c1-11(23)12-8-9-16-14(10-12)17(18(20(2,3)28-16)29-30(25,26)27)22-19(24)13-6-4-5-7-15(13)21/h4-10,17-18H,1-3H3,(H,22,24)(H2,25,26,27)/t17-,18-/m0/s1. The highest BCUT2D eigenvalue weighted by atomic mass is 35.5. The molecule has 3 rings (SSSR count). The van der Waals surface area contributed by atoms with Gasteiger partial charge in [0, 0.05) is 11.1 Å². The van der Waals surface area contributed by atoms with Crippen LogP contribution >= 0.6 is 19.4 Å². The zero-order valence-electron chi connectivity index (χ0n) is 16.5. The number of Topliss-reactive ketones (excluding diaryl/α,β-unsaturated/α-hetero) is 1. The van der Waals surface area contributed by atoms with Crippen LogP contribution in [-0.4, -0.2) is 33.2 Å². The van der Waals surface area contributed by atoms with Crippen molar-refractivity contribution in [1.29, 1.82) is 0 Å². The maximum Gasteiger partial charge on any atom is 0.470 e. The molecule has 2 aromatic carbocycles. The molecule has 0 saturated carbocycles. The van der Waals surface area contributed by atoms with E-state index in [1.807, 2.05) is 0 Å². The average molecular weight is 454 g/mol. The van der Waals surface area contributed by atoms with Crippen LogP contribution in [-0.2, 0) is 9.09 Å². The van der Waals surface area contributed by atoms with Crippen molar-refractivity contribution in [3.05, 3.63) is 64.2 Å². The van der Waals surface area contributed by atoms with Crippen molar-refractivity contribution >= 4 is 31.1 Å². The summed E-state index contributed by atoms with van der Waals surface area (Å²) in [6, 6.07) is 10.0. The molecule has 10 heteroatoms. The van der Waals surface area contributed by atoms with E-state index in [1.54, 1.807) is 44.2 Å². The molecule has 0 bridgehead atoms. The molecule has 0 saturated heterocycles. The number of rotatable bonds is 5. The third kappa shape index (κ3) is 4.74. The number of carbonyl (C=O) groups is 2. The van der Waals surface area contributed by atoms with Gasteiger partial charge in [-0.15, -0.1) is 0 Å². The first kappa shape index (κ1) is 22.5. The van der Waals surface area contributed by atoms with Crippen LogP contribution in [0.2, 0.25) is 5.02 Å². The minimum Gasteiger partial charge on any atom is -0.485 e. The van der Waals surface area contributed by atoms with Crippen molar-refractivity contribution in [2.45, 2.75) is 38.5 Å². The van der Waals surface area contributed by atoms with Gasteiger partial charge in [-0.3, -0.25) is 14.1 Å². The summed E-state index contributed by atoms with van der Waals surface area (Å²) in [6.45, 7) is 4.56. The molecule has 160 valence electrons. The van der Waals surface area contributed by atoms with Crippen LogP contribution in [0.15, 0.2) is 42.5 Å². The summed E-state index contributed by atoms with van der Waals surface area (Å²) in [5, 5.41) is 2.96. The lowest BCUT2D eigenvalue weighted by atomic mass is 9.85. The fourth-order valence-electron chi connectivity index (χ4n) is 3.36. The van der Waals surface area contributed by atoms with Gasteiger partial charge in [0.2, 0.25) is 0 Å². The van der Waals surface area contributed by atoms with Crippen molar-refractivity contribution < 1.29 is 33.2 Å². The van der Waals surface area contributed by atoms with Crippen molar-refractivity contribution in [2.24, 2.45) is 0 Å². The minimum absolute atomic E-state index is 0.183. The van der Waals surface area contributed by atoms with Crippen LogP contribution < -0.4 is 10.1 Å². The highest BCUT2D eigenvalue weighted by Gasteiger charge is 2.48. The zero-order chi connectivity index (χ0) is 22.3. The molecule has 1 aliphatic heterocycles. The molecular weight excluding hydrogens is 433 g/mol. The van der Waals surface area contributed by atoms with Crippen LogP contribution in [0.5, 0.6) is 5.75 Å². The first-order chi connectivity index (χ1) is 13.9. The second kappa shape index (κ2) is 8.13. The molecule has 0 radical (unpaired) electrons. The smallest absolute Gasteiger partial charge is 0.470 e. The third-order valence-corrected chi connectivity index (χ3v) is 5.60. The predicted octanol–water partition coefficient (Wildman–Crippen LogP) is 3.66. The van der Waals surface area contributed by atoms with Gasteiger partial charge in [0.25, 0.3) is 5.91 Å². The minimum atomic E-state index is -4.94. The summed E-state index contributed by atoms with van der Waals surface area (Å²) in [4.78, 5) is 43.7.